The van der Waals surface area contributed by atoms with Crippen molar-refractivity contribution in [3.63, 3.8) is 0 Å². The fourth-order valence-corrected chi connectivity index (χ4v) is 5.15. The highest BCUT2D eigenvalue weighted by Crippen LogP contribution is 2.47. The lowest BCUT2D eigenvalue weighted by atomic mass is 9.63. The number of nitriles is 1. The van der Waals surface area contributed by atoms with Gasteiger partial charge in [-0.2, -0.15) is 5.26 Å². The Hall–Kier alpha value is -0.510. The van der Waals surface area contributed by atoms with Crippen LogP contribution in [0.2, 0.25) is 0 Å². The predicted molar refractivity (Wildman–Crippen MR) is 94.5 cm³/mol. The molecule has 22 heavy (non-hydrogen) atoms. The van der Waals surface area contributed by atoms with Crippen LogP contribution in [0.1, 0.15) is 104 Å². The summed E-state index contributed by atoms with van der Waals surface area (Å²) in [7, 11) is 0. The van der Waals surface area contributed by atoms with Crippen molar-refractivity contribution in [3.05, 3.63) is 0 Å². The van der Waals surface area contributed by atoms with E-state index < -0.39 is 0 Å². The Morgan fingerprint density at radius 2 is 1.50 bits per heavy atom. The molecule has 0 aliphatic heterocycles. The van der Waals surface area contributed by atoms with E-state index in [4.69, 9.17) is 0 Å². The molecule has 2 saturated carbocycles. The van der Waals surface area contributed by atoms with Crippen LogP contribution in [0.25, 0.3) is 0 Å². The molecule has 1 heteroatoms. The Labute approximate surface area is 138 Å². The highest BCUT2D eigenvalue weighted by Gasteiger charge is 2.38. The van der Waals surface area contributed by atoms with Gasteiger partial charge in [0.1, 0.15) is 0 Å². The van der Waals surface area contributed by atoms with E-state index >= 15 is 0 Å². The van der Waals surface area contributed by atoms with Gasteiger partial charge in [0.15, 0.2) is 0 Å². The Morgan fingerprint density at radius 1 is 0.864 bits per heavy atom. The van der Waals surface area contributed by atoms with E-state index in [0.717, 1.165) is 24.2 Å². The molecular weight excluding hydrogens is 266 g/mol. The van der Waals surface area contributed by atoms with Gasteiger partial charge in [0.2, 0.25) is 0 Å². The Kier molecular flexibility index (Phi) is 7.26. The minimum absolute atomic E-state index is 0.0467. The Morgan fingerprint density at radius 3 is 2.05 bits per heavy atom. The van der Waals surface area contributed by atoms with E-state index in [1.54, 1.807) is 0 Å². The molecule has 0 atom stereocenters. The third-order valence-electron chi connectivity index (χ3n) is 6.74. The summed E-state index contributed by atoms with van der Waals surface area (Å²) in [5, 5.41) is 9.68. The smallest absolute Gasteiger partial charge is 0.0689 e. The molecule has 0 aromatic heterocycles. The van der Waals surface area contributed by atoms with Gasteiger partial charge in [-0.1, -0.05) is 58.8 Å². The van der Waals surface area contributed by atoms with Gasteiger partial charge in [-0.25, -0.2) is 0 Å². The SMILES string of the molecule is CCCCC[C@]1(C#N)CC[C@@H](C2CCC(CCC)CC2)CC1. The molecule has 126 valence electrons. The van der Waals surface area contributed by atoms with E-state index in [0.29, 0.717) is 0 Å². The first-order valence-electron chi connectivity index (χ1n) is 10.1. The van der Waals surface area contributed by atoms with Crippen molar-refractivity contribution in [2.45, 2.75) is 104 Å². The monoisotopic (exact) mass is 303 g/mol. The summed E-state index contributed by atoms with van der Waals surface area (Å²) in [4.78, 5) is 0. The van der Waals surface area contributed by atoms with E-state index in [9.17, 15) is 5.26 Å². The van der Waals surface area contributed by atoms with E-state index in [2.05, 4.69) is 19.9 Å². The maximum Gasteiger partial charge on any atom is 0.0689 e. The summed E-state index contributed by atoms with van der Waals surface area (Å²) in [5.74, 6) is 2.95. The molecule has 0 heterocycles. The molecule has 0 N–H and O–H groups in total. The Bertz CT molecular complexity index is 337. The third kappa shape index (κ3) is 4.74. The van der Waals surface area contributed by atoms with Crippen molar-refractivity contribution in [2.24, 2.45) is 23.2 Å². The van der Waals surface area contributed by atoms with Gasteiger partial charge in [-0.05, 0) is 62.7 Å². The largest absolute Gasteiger partial charge is 0.198 e. The van der Waals surface area contributed by atoms with E-state index in [-0.39, 0.29) is 5.41 Å². The summed E-state index contributed by atoms with van der Waals surface area (Å²) < 4.78 is 0. The molecule has 0 bridgehead atoms. The number of hydrogen-bond donors (Lipinski definition) is 0. The molecule has 0 unspecified atom stereocenters. The fourth-order valence-electron chi connectivity index (χ4n) is 5.15. The fraction of sp³-hybridized carbons (Fsp3) is 0.952. The van der Waals surface area contributed by atoms with Gasteiger partial charge in [0.25, 0.3) is 0 Å². The molecule has 0 spiro atoms. The van der Waals surface area contributed by atoms with Crippen LogP contribution in [0.15, 0.2) is 0 Å². The van der Waals surface area contributed by atoms with Gasteiger partial charge in [0, 0.05) is 0 Å². The third-order valence-corrected chi connectivity index (χ3v) is 6.74. The Balaban J connectivity index is 1.76. The van der Waals surface area contributed by atoms with Crippen LogP contribution < -0.4 is 0 Å². The second kappa shape index (κ2) is 8.95. The molecule has 2 aliphatic carbocycles. The molecule has 0 amide bonds. The minimum Gasteiger partial charge on any atom is -0.198 e. The summed E-state index contributed by atoms with van der Waals surface area (Å²) >= 11 is 0. The van der Waals surface area contributed by atoms with Crippen molar-refractivity contribution in [1.82, 2.24) is 0 Å². The van der Waals surface area contributed by atoms with Crippen molar-refractivity contribution < 1.29 is 0 Å². The molecule has 2 aliphatic rings. The van der Waals surface area contributed by atoms with Crippen LogP contribution in [0.5, 0.6) is 0 Å². The van der Waals surface area contributed by atoms with Crippen LogP contribution in [-0.2, 0) is 0 Å². The zero-order valence-electron chi connectivity index (χ0n) is 15.1. The minimum atomic E-state index is 0.0467. The highest BCUT2D eigenvalue weighted by molar-refractivity contribution is 5.02. The molecule has 2 rings (SSSR count). The van der Waals surface area contributed by atoms with Crippen LogP contribution in [0, 0.1) is 34.5 Å². The summed E-state index contributed by atoms with van der Waals surface area (Å²) in [6.07, 6.45) is 18.8. The van der Waals surface area contributed by atoms with Crippen LogP contribution in [0.4, 0.5) is 0 Å². The number of nitrogens with zero attached hydrogens (tertiary/aromatic N) is 1. The molecule has 2 fully saturated rings. The second-order valence-electron chi connectivity index (χ2n) is 8.26. The highest BCUT2D eigenvalue weighted by atomic mass is 14.4. The second-order valence-corrected chi connectivity index (χ2v) is 8.26. The summed E-state index contributed by atoms with van der Waals surface area (Å²) in [6.45, 7) is 4.58. The van der Waals surface area contributed by atoms with Crippen molar-refractivity contribution in [2.75, 3.05) is 0 Å². The van der Waals surface area contributed by atoms with Crippen LogP contribution >= 0.6 is 0 Å². The van der Waals surface area contributed by atoms with Crippen molar-refractivity contribution >= 4 is 0 Å². The molecule has 0 saturated heterocycles. The first kappa shape index (κ1) is 17.8. The molecule has 0 radical (unpaired) electrons. The number of rotatable bonds is 7. The first-order valence-corrected chi connectivity index (χ1v) is 10.1. The lowest BCUT2D eigenvalue weighted by molar-refractivity contribution is 0.115. The van der Waals surface area contributed by atoms with Crippen molar-refractivity contribution in [3.8, 4) is 6.07 Å². The predicted octanol–water partition coefficient (Wildman–Crippen LogP) is 6.87. The molecule has 0 aromatic rings. The van der Waals surface area contributed by atoms with Gasteiger partial charge in [-0.3, -0.25) is 0 Å². The van der Waals surface area contributed by atoms with Gasteiger partial charge in [-0.15, -0.1) is 0 Å². The first-order chi connectivity index (χ1) is 10.7. The molecule has 0 aromatic carbocycles. The average Bonchev–Trinajstić information content (AvgIpc) is 2.57. The number of unbranched alkanes of at least 4 members (excludes halogenated alkanes) is 2. The standard InChI is InChI=1S/C21H37N/c1-3-5-6-14-21(17-22)15-12-20(13-16-21)19-10-8-18(7-4-2)9-11-19/h18-20H,3-16H2,1-2H3/t18?,19?,20-,21+. The van der Waals surface area contributed by atoms with E-state index in [1.807, 2.05) is 0 Å². The maximum absolute atomic E-state index is 9.68. The quantitative estimate of drug-likeness (QED) is 0.470. The van der Waals surface area contributed by atoms with Gasteiger partial charge >= 0.3 is 0 Å². The van der Waals surface area contributed by atoms with Crippen molar-refractivity contribution in [1.29, 1.82) is 5.26 Å². The zero-order valence-corrected chi connectivity index (χ0v) is 15.1. The molecule has 1 nitrogen and oxygen atoms in total. The van der Waals surface area contributed by atoms with Crippen LogP contribution in [-0.4, -0.2) is 0 Å². The normalized spacial score (nSPS) is 36.0. The van der Waals surface area contributed by atoms with E-state index in [1.165, 1.54) is 83.5 Å². The summed E-state index contributed by atoms with van der Waals surface area (Å²) in [5.41, 5.74) is 0.0467. The van der Waals surface area contributed by atoms with Gasteiger partial charge in [0.05, 0.1) is 11.5 Å². The topological polar surface area (TPSA) is 23.8 Å². The van der Waals surface area contributed by atoms with Gasteiger partial charge < -0.3 is 0 Å². The maximum atomic E-state index is 9.68. The zero-order chi connectivity index (χ0) is 15.8. The van der Waals surface area contributed by atoms with Crippen LogP contribution in [0.3, 0.4) is 0 Å². The lowest BCUT2D eigenvalue weighted by Gasteiger charge is -2.40. The summed E-state index contributed by atoms with van der Waals surface area (Å²) in [6, 6.07) is 2.72. The lowest BCUT2D eigenvalue weighted by Crippen LogP contribution is -2.31. The number of hydrogen-bond acceptors (Lipinski definition) is 1. The average molecular weight is 304 g/mol. The molecular formula is C21H37N.